The van der Waals surface area contributed by atoms with E-state index in [2.05, 4.69) is 46.9 Å². The van der Waals surface area contributed by atoms with Crippen LogP contribution in [-0.4, -0.2) is 19.6 Å². The molecule has 2 nitrogen and oxygen atoms in total. The molecule has 1 unspecified atom stereocenters. The van der Waals surface area contributed by atoms with Gasteiger partial charge in [0.1, 0.15) is 0 Å². The van der Waals surface area contributed by atoms with Crippen LogP contribution in [0.25, 0.3) is 0 Å². The molecule has 0 aliphatic rings. The zero-order valence-corrected chi connectivity index (χ0v) is 12.1. The molecule has 0 aromatic heterocycles. The van der Waals surface area contributed by atoms with Gasteiger partial charge < -0.3 is 11.1 Å². The third kappa shape index (κ3) is 5.31. The molecule has 16 heavy (non-hydrogen) atoms. The molecule has 0 aromatic rings. The molecule has 0 fully saturated rings. The second-order valence-corrected chi connectivity index (χ2v) is 6.15. The van der Waals surface area contributed by atoms with E-state index in [0.29, 0.717) is 0 Å². The summed E-state index contributed by atoms with van der Waals surface area (Å²) in [5.74, 6) is 2.26. The topological polar surface area (TPSA) is 38.0 Å². The highest BCUT2D eigenvalue weighted by Crippen LogP contribution is 2.21. The van der Waals surface area contributed by atoms with Gasteiger partial charge >= 0.3 is 0 Å². The minimum absolute atomic E-state index is 0.262. The van der Waals surface area contributed by atoms with E-state index < -0.39 is 0 Å². The monoisotopic (exact) mass is 228 g/mol. The Balaban J connectivity index is 4.04. The average Bonchev–Trinajstić information content (AvgIpc) is 2.23. The minimum atomic E-state index is 0.262. The zero-order valence-electron chi connectivity index (χ0n) is 12.1. The molecule has 0 saturated heterocycles. The molecule has 0 rings (SSSR count). The van der Waals surface area contributed by atoms with Gasteiger partial charge in [0.15, 0.2) is 0 Å². The fraction of sp³-hybridized carbons (Fsp3) is 1.00. The van der Waals surface area contributed by atoms with Crippen molar-refractivity contribution in [2.45, 2.75) is 48.0 Å². The highest BCUT2D eigenvalue weighted by Gasteiger charge is 2.22. The number of hydrogen-bond donors (Lipinski definition) is 2. The van der Waals surface area contributed by atoms with Gasteiger partial charge in [-0.15, -0.1) is 0 Å². The summed E-state index contributed by atoms with van der Waals surface area (Å²) in [6.07, 6.45) is 1.14. The van der Waals surface area contributed by atoms with E-state index in [4.69, 9.17) is 5.73 Å². The SMILES string of the molecule is CCC(C)(CN)CNCC(C(C)C)C(C)C. The Morgan fingerprint density at radius 3 is 1.94 bits per heavy atom. The maximum Gasteiger partial charge on any atom is 0.00173 e. The van der Waals surface area contributed by atoms with E-state index in [1.807, 2.05) is 0 Å². The van der Waals surface area contributed by atoms with Gasteiger partial charge in [-0.3, -0.25) is 0 Å². The summed E-state index contributed by atoms with van der Waals surface area (Å²) < 4.78 is 0. The second kappa shape index (κ2) is 7.29. The lowest BCUT2D eigenvalue weighted by Crippen LogP contribution is -2.40. The standard InChI is InChI=1S/C14H32N2/c1-7-14(6,9-15)10-16-8-13(11(2)3)12(4)5/h11-13,16H,7-10,15H2,1-6H3. The maximum atomic E-state index is 5.81. The predicted molar refractivity (Wildman–Crippen MR) is 73.5 cm³/mol. The molecule has 0 spiro atoms. The second-order valence-electron chi connectivity index (χ2n) is 6.15. The smallest absolute Gasteiger partial charge is 0.00173 e. The van der Waals surface area contributed by atoms with E-state index in [1.165, 1.54) is 0 Å². The van der Waals surface area contributed by atoms with Gasteiger partial charge in [-0.25, -0.2) is 0 Å². The predicted octanol–water partition coefficient (Wildman–Crippen LogP) is 2.88. The quantitative estimate of drug-likeness (QED) is 0.670. The van der Waals surface area contributed by atoms with Crippen molar-refractivity contribution in [1.82, 2.24) is 5.32 Å². The molecule has 2 heteroatoms. The van der Waals surface area contributed by atoms with E-state index in [9.17, 15) is 0 Å². The first-order chi connectivity index (χ1) is 7.36. The summed E-state index contributed by atoms with van der Waals surface area (Å²) in [7, 11) is 0. The molecular formula is C14H32N2. The Kier molecular flexibility index (Phi) is 7.25. The van der Waals surface area contributed by atoms with Crippen LogP contribution in [0.1, 0.15) is 48.0 Å². The zero-order chi connectivity index (χ0) is 12.8. The number of rotatable bonds is 8. The summed E-state index contributed by atoms with van der Waals surface area (Å²) >= 11 is 0. The third-order valence-electron chi connectivity index (χ3n) is 3.99. The summed E-state index contributed by atoms with van der Waals surface area (Å²) in [6.45, 7) is 16.7. The van der Waals surface area contributed by atoms with Crippen LogP contribution >= 0.6 is 0 Å². The molecule has 0 aliphatic carbocycles. The van der Waals surface area contributed by atoms with E-state index in [-0.39, 0.29) is 5.41 Å². The third-order valence-corrected chi connectivity index (χ3v) is 3.99. The molecule has 3 N–H and O–H groups in total. The Bertz CT molecular complexity index is 164. The van der Waals surface area contributed by atoms with Crippen molar-refractivity contribution in [2.24, 2.45) is 28.9 Å². The summed E-state index contributed by atoms with van der Waals surface area (Å²) in [5, 5.41) is 3.61. The average molecular weight is 228 g/mol. The normalized spacial score (nSPS) is 16.1. The first kappa shape index (κ1) is 15.9. The highest BCUT2D eigenvalue weighted by molar-refractivity contribution is 4.78. The molecule has 0 aromatic carbocycles. The van der Waals surface area contributed by atoms with Crippen molar-refractivity contribution >= 4 is 0 Å². The van der Waals surface area contributed by atoms with Crippen molar-refractivity contribution in [3.8, 4) is 0 Å². The van der Waals surface area contributed by atoms with Crippen LogP contribution in [0.15, 0.2) is 0 Å². The van der Waals surface area contributed by atoms with E-state index >= 15 is 0 Å². The largest absolute Gasteiger partial charge is 0.330 e. The Hall–Kier alpha value is -0.0800. The van der Waals surface area contributed by atoms with Gasteiger partial charge in [-0.2, -0.15) is 0 Å². The molecule has 0 aliphatic heterocycles. The molecule has 0 radical (unpaired) electrons. The van der Waals surface area contributed by atoms with Gasteiger partial charge in [0, 0.05) is 6.54 Å². The summed E-state index contributed by atoms with van der Waals surface area (Å²) in [6, 6.07) is 0. The van der Waals surface area contributed by atoms with Gasteiger partial charge in [-0.05, 0) is 42.7 Å². The number of nitrogens with one attached hydrogen (secondary N) is 1. The first-order valence-corrected chi connectivity index (χ1v) is 6.77. The van der Waals surface area contributed by atoms with Crippen LogP contribution in [0.3, 0.4) is 0 Å². The number of hydrogen-bond acceptors (Lipinski definition) is 2. The van der Waals surface area contributed by atoms with E-state index in [1.54, 1.807) is 0 Å². The van der Waals surface area contributed by atoms with Crippen molar-refractivity contribution in [2.75, 3.05) is 19.6 Å². The fourth-order valence-electron chi connectivity index (χ4n) is 2.12. The van der Waals surface area contributed by atoms with Crippen LogP contribution < -0.4 is 11.1 Å². The number of nitrogens with two attached hydrogens (primary N) is 1. The van der Waals surface area contributed by atoms with Crippen molar-refractivity contribution in [3.05, 3.63) is 0 Å². The van der Waals surface area contributed by atoms with E-state index in [0.717, 1.165) is 43.8 Å². The molecule has 98 valence electrons. The van der Waals surface area contributed by atoms with Gasteiger partial charge in [0.05, 0.1) is 0 Å². The molecular weight excluding hydrogens is 196 g/mol. The fourth-order valence-corrected chi connectivity index (χ4v) is 2.12. The summed E-state index contributed by atoms with van der Waals surface area (Å²) in [4.78, 5) is 0. The molecule has 0 amide bonds. The van der Waals surface area contributed by atoms with Crippen molar-refractivity contribution in [3.63, 3.8) is 0 Å². The lowest BCUT2D eigenvalue weighted by atomic mass is 9.84. The maximum absolute atomic E-state index is 5.81. The van der Waals surface area contributed by atoms with Crippen LogP contribution in [-0.2, 0) is 0 Å². The van der Waals surface area contributed by atoms with Crippen LogP contribution in [0.5, 0.6) is 0 Å². The first-order valence-electron chi connectivity index (χ1n) is 6.77. The molecule has 0 saturated carbocycles. The lowest BCUT2D eigenvalue weighted by Gasteiger charge is -2.30. The van der Waals surface area contributed by atoms with Crippen molar-refractivity contribution in [1.29, 1.82) is 0 Å². The Morgan fingerprint density at radius 2 is 1.62 bits per heavy atom. The van der Waals surface area contributed by atoms with Gasteiger partial charge in [0.2, 0.25) is 0 Å². The van der Waals surface area contributed by atoms with Crippen molar-refractivity contribution < 1.29 is 0 Å². The van der Waals surface area contributed by atoms with Gasteiger partial charge in [-0.1, -0.05) is 41.5 Å². The lowest BCUT2D eigenvalue weighted by molar-refractivity contribution is 0.244. The van der Waals surface area contributed by atoms with Crippen LogP contribution in [0.2, 0.25) is 0 Å². The highest BCUT2D eigenvalue weighted by atomic mass is 14.9. The van der Waals surface area contributed by atoms with Crippen LogP contribution in [0, 0.1) is 23.2 Å². The van der Waals surface area contributed by atoms with Crippen LogP contribution in [0.4, 0.5) is 0 Å². The Morgan fingerprint density at radius 1 is 1.12 bits per heavy atom. The minimum Gasteiger partial charge on any atom is -0.330 e. The molecule has 1 atom stereocenters. The summed E-state index contributed by atoms with van der Waals surface area (Å²) in [5.41, 5.74) is 6.08. The molecule has 0 bridgehead atoms. The Labute approximate surface area is 102 Å². The molecule has 0 heterocycles. The van der Waals surface area contributed by atoms with Gasteiger partial charge in [0.25, 0.3) is 0 Å².